The smallest absolute Gasteiger partial charge is 0.327 e. The molecule has 16 heavy (non-hydrogen) atoms. The van der Waals surface area contributed by atoms with Crippen molar-refractivity contribution in [3.63, 3.8) is 0 Å². The van der Waals surface area contributed by atoms with Crippen LogP contribution in [-0.2, 0) is 4.79 Å². The van der Waals surface area contributed by atoms with E-state index in [4.69, 9.17) is 5.11 Å². The van der Waals surface area contributed by atoms with Crippen molar-refractivity contribution in [3.05, 3.63) is 33.4 Å². The Morgan fingerprint density at radius 2 is 2.06 bits per heavy atom. The van der Waals surface area contributed by atoms with Gasteiger partial charge in [0.1, 0.15) is 6.04 Å². The summed E-state index contributed by atoms with van der Waals surface area (Å²) in [5, 5.41) is 11.2. The van der Waals surface area contributed by atoms with Gasteiger partial charge in [-0.15, -0.1) is 0 Å². The number of benzene rings is 1. The fourth-order valence-electron chi connectivity index (χ4n) is 1.07. The van der Waals surface area contributed by atoms with Gasteiger partial charge in [-0.25, -0.2) is 4.79 Å². The van der Waals surface area contributed by atoms with Gasteiger partial charge in [-0.05, 0) is 34.7 Å². The van der Waals surface area contributed by atoms with Crippen LogP contribution in [0.1, 0.15) is 10.4 Å². The summed E-state index contributed by atoms with van der Waals surface area (Å²) in [6.07, 6.45) is 0. The third-order valence-electron chi connectivity index (χ3n) is 1.90. The lowest BCUT2D eigenvalue weighted by Gasteiger charge is -2.12. The van der Waals surface area contributed by atoms with E-state index < -0.39 is 17.9 Å². The number of thiol groups is 1. The normalized spacial score (nSPS) is 11.9. The maximum atomic E-state index is 11.7. The predicted octanol–water partition coefficient (Wildman–Crippen LogP) is 1.40. The highest BCUT2D eigenvalue weighted by Gasteiger charge is 2.19. The van der Waals surface area contributed by atoms with Crippen molar-refractivity contribution >= 4 is 47.1 Å². The maximum Gasteiger partial charge on any atom is 0.327 e. The first-order valence-corrected chi connectivity index (χ1v) is 6.16. The van der Waals surface area contributed by atoms with E-state index in [0.29, 0.717) is 5.56 Å². The number of halogens is 1. The molecule has 1 aromatic rings. The zero-order chi connectivity index (χ0) is 12.1. The molecule has 1 atom stereocenters. The molecule has 2 N–H and O–H groups in total. The number of nitrogens with one attached hydrogen (secondary N) is 1. The SMILES string of the molecule is O=C(NC(CS)C(=O)O)c1ccccc1I. The second kappa shape index (κ2) is 6.09. The van der Waals surface area contributed by atoms with Crippen LogP contribution in [0.4, 0.5) is 0 Å². The number of rotatable bonds is 4. The molecule has 0 spiro atoms. The molecule has 0 fully saturated rings. The van der Waals surface area contributed by atoms with E-state index in [0.717, 1.165) is 3.57 Å². The topological polar surface area (TPSA) is 66.4 Å². The second-order valence-corrected chi connectivity index (χ2v) is 4.55. The van der Waals surface area contributed by atoms with Gasteiger partial charge in [0.15, 0.2) is 0 Å². The molecule has 0 bridgehead atoms. The number of hydrogen-bond donors (Lipinski definition) is 3. The molecular formula is C10H10INO3S. The first-order chi connectivity index (χ1) is 7.56. The molecule has 0 saturated heterocycles. The first-order valence-electron chi connectivity index (χ1n) is 4.45. The van der Waals surface area contributed by atoms with Gasteiger partial charge >= 0.3 is 5.97 Å². The van der Waals surface area contributed by atoms with Crippen LogP contribution in [0.25, 0.3) is 0 Å². The standard InChI is InChI=1S/C10H10INO3S/c11-7-4-2-1-3-6(7)9(13)12-8(5-16)10(14)15/h1-4,8,16H,5H2,(H,12,13)(H,14,15). The van der Waals surface area contributed by atoms with Crippen LogP contribution in [0.3, 0.4) is 0 Å². The van der Waals surface area contributed by atoms with E-state index in [1.807, 2.05) is 28.7 Å². The Labute approximate surface area is 112 Å². The van der Waals surface area contributed by atoms with Crippen molar-refractivity contribution in [1.29, 1.82) is 0 Å². The Morgan fingerprint density at radius 1 is 1.44 bits per heavy atom. The molecule has 0 aromatic heterocycles. The van der Waals surface area contributed by atoms with Gasteiger partial charge in [-0.1, -0.05) is 12.1 Å². The first kappa shape index (κ1) is 13.3. The van der Waals surface area contributed by atoms with Crippen molar-refractivity contribution in [2.45, 2.75) is 6.04 Å². The van der Waals surface area contributed by atoms with Crippen molar-refractivity contribution in [2.24, 2.45) is 0 Å². The zero-order valence-electron chi connectivity index (χ0n) is 8.18. The monoisotopic (exact) mass is 351 g/mol. The molecular weight excluding hydrogens is 341 g/mol. The fourth-order valence-corrected chi connectivity index (χ4v) is 1.95. The second-order valence-electron chi connectivity index (χ2n) is 3.03. The number of carboxylic acid groups (broad SMARTS) is 1. The average molecular weight is 351 g/mol. The van der Waals surface area contributed by atoms with E-state index in [2.05, 4.69) is 17.9 Å². The molecule has 1 amide bonds. The molecule has 0 aliphatic carbocycles. The summed E-state index contributed by atoms with van der Waals surface area (Å²) < 4.78 is 0.779. The Morgan fingerprint density at radius 3 is 2.56 bits per heavy atom. The van der Waals surface area contributed by atoms with E-state index in [1.165, 1.54) is 0 Å². The van der Waals surface area contributed by atoms with Gasteiger partial charge in [0.2, 0.25) is 0 Å². The minimum absolute atomic E-state index is 0.0600. The van der Waals surface area contributed by atoms with Gasteiger partial charge in [0, 0.05) is 9.32 Å². The summed E-state index contributed by atoms with van der Waals surface area (Å²) >= 11 is 5.89. The van der Waals surface area contributed by atoms with Crippen molar-refractivity contribution in [1.82, 2.24) is 5.32 Å². The van der Waals surface area contributed by atoms with Crippen LogP contribution in [0.2, 0.25) is 0 Å². The van der Waals surface area contributed by atoms with E-state index in [9.17, 15) is 9.59 Å². The molecule has 4 nitrogen and oxygen atoms in total. The molecule has 1 aromatic carbocycles. The van der Waals surface area contributed by atoms with Crippen molar-refractivity contribution < 1.29 is 14.7 Å². The molecule has 0 saturated carbocycles. The number of aliphatic carboxylic acids is 1. The number of hydrogen-bond acceptors (Lipinski definition) is 3. The molecule has 86 valence electrons. The third kappa shape index (κ3) is 3.38. The Kier molecular flexibility index (Phi) is 5.07. The molecule has 1 rings (SSSR count). The minimum atomic E-state index is -1.09. The van der Waals surface area contributed by atoms with E-state index in [1.54, 1.807) is 18.2 Å². The van der Waals surface area contributed by atoms with Gasteiger partial charge in [-0.3, -0.25) is 4.79 Å². The maximum absolute atomic E-state index is 11.7. The van der Waals surface area contributed by atoms with Crippen LogP contribution >= 0.6 is 35.2 Å². The van der Waals surface area contributed by atoms with Crippen molar-refractivity contribution in [3.8, 4) is 0 Å². The number of carboxylic acids is 1. The summed E-state index contributed by atoms with van der Waals surface area (Å²) in [5.74, 6) is -1.43. The molecule has 0 aliphatic heterocycles. The zero-order valence-corrected chi connectivity index (χ0v) is 11.2. The van der Waals surface area contributed by atoms with Gasteiger partial charge in [0.25, 0.3) is 5.91 Å². The molecule has 0 heterocycles. The lowest BCUT2D eigenvalue weighted by molar-refractivity contribution is -0.138. The molecule has 6 heteroatoms. The quantitative estimate of drug-likeness (QED) is 0.568. The minimum Gasteiger partial charge on any atom is -0.480 e. The lowest BCUT2D eigenvalue weighted by Crippen LogP contribution is -2.42. The van der Waals surface area contributed by atoms with Crippen LogP contribution in [0, 0.1) is 3.57 Å². The largest absolute Gasteiger partial charge is 0.480 e. The third-order valence-corrected chi connectivity index (χ3v) is 3.21. The summed E-state index contributed by atoms with van der Waals surface area (Å²) in [6.45, 7) is 0. The molecule has 0 aliphatic rings. The summed E-state index contributed by atoms with van der Waals surface area (Å²) in [4.78, 5) is 22.4. The van der Waals surface area contributed by atoms with Crippen LogP contribution in [-0.4, -0.2) is 28.8 Å². The molecule has 0 radical (unpaired) electrons. The van der Waals surface area contributed by atoms with Crippen molar-refractivity contribution in [2.75, 3.05) is 5.75 Å². The Bertz CT molecular complexity index is 411. The Hall–Kier alpha value is -0.760. The summed E-state index contributed by atoms with van der Waals surface area (Å²) in [5.41, 5.74) is 0.469. The Balaban J connectivity index is 2.80. The summed E-state index contributed by atoms with van der Waals surface area (Å²) in [7, 11) is 0. The number of carbonyl (C=O) groups is 2. The fraction of sp³-hybridized carbons (Fsp3) is 0.200. The van der Waals surface area contributed by atoms with Crippen LogP contribution in [0.5, 0.6) is 0 Å². The lowest BCUT2D eigenvalue weighted by atomic mass is 10.2. The van der Waals surface area contributed by atoms with Gasteiger partial charge < -0.3 is 10.4 Å². The predicted molar refractivity (Wildman–Crippen MR) is 71.9 cm³/mol. The highest BCUT2D eigenvalue weighted by Crippen LogP contribution is 2.11. The van der Waals surface area contributed by atoms with Crippen LogP contribution in [0.15, 0.2) is 24.3 Å². The highest BCUT2D eigenvalue weighted by atomic mass is 127. The summed E-state index contributed by atoms with van der Waals surface area (Å²) in [6, 6.07) is 6.01. The number of amides is 1. The van der Waals surface area contributed by atoms with Gasteiger partial charge in [-0.2, -0.15) is 12.6 Å². The number of carbonyl (C=O) groups excluding carboxylic acids is 1. The molecule has 1 unspecified atom stereocenters. The van der Waals surface area contributed by atoms with E-state index >= 15 is 0 Å². The van der Waals surface area contributed by atoms with E-state index in [-0.39, 0.29) is 5.75 Å². The van der Waals surface area contributed by atoms with Gasteiger partial charge in [0.05, 0.1) is 5.56 Å². The highest BCUT2D eigenvalue weighted by molar-refractivity contribution is 14.1. The average Bonchev–Trinajstić information content (AvgIpc) is 2.25. The van der Waals surface area contributed by atoms with Crippen LogP contribution < -0.4 is 5.32 Å².